The predicted octanol–water partition coefficient (Wildman–Crippen LogP) is 6.36. The lowest BCUT2D eigenvalue weighted by atomic mass is 10.0. The highest BCUT2D eigenvalue weighted by Crippen LogP contribution is 2.31. The summed E-state index contributed by atoms with van der Waals surface area (Å²) in [6, 6.07) is 2.77. The van der Waals surface area contributed by atoms with Crippen LogP contribution in [-0.2, 0) is 0 Å². The van der Waals surface area contributed by atoms with Crippen LogP contribution in [0, 0.1) is 11.8 Å². The van der Waals surface area contributed by atoms with Gasteiger partial charge in [0.1, 0.15) is 10.00 Å². The average molecular weight is 344 g/mol. The van der Waals surface area contributed by atoms with Crippen molar-refractivity contribution < 1.29 is 0 Å². The topological polar surface area (TPSA) is 24.7 Å². The standard InChI is InChI=1S/C15H28Cl2N2.ClH/c1-7-14(16,9-12(3)4)18-11-19-15(17,8-2)10-13(5)6;/h12-13H,7-10H2,1-6H3;1H. The van der Waals surface area contributed by atoms with Gasteiger partial charge in [0.2, 0.25) is 0 Å². The minimum absolute atomic E-state index is 0. The lowest BCUT2D eigenvalue weighted by molar-refractivity contribution is 0.438. The number of nitrogens with zero attached hydrogens (tertiary/aromatic N) is 2. The summed E-state index contributed by atoms with van der Waals surface area (Å²) in [6.07, 6.45) is 3.17. The third-order valence-corrected chi connectivity index (χ3v) is 4.04. The van der Waals surface area contributed by atoms with Crippen molar-refractivity contribution in [3.8, 4) is 0 Å². The Balaban J connectivity index is 0. The van der Waals surface area contributed by atoms with Crippen LogP contribution in [0.3, 0.4) is 0 Å². The Kier molecular flexibility index (Phi) is 11.3. The van der Waals surface area contributed by atoms with Crippen LogP contribution in [0.25, 0.3) is 0 Å². The van der Waals surface area contributed by atoms with Gasteiger partial charge in [-0.25, -0.2) is 9.98 Å². The quantitative estimate of drug-likeness (QED) is 0.278. The zero-order valence-corrected chi connectivity index (χ0v) is 15.9. The summed E-state index contributed by atoms with van der Waals surface area (Å²) in [5, 5.41) is 0. The van der Waals surface area contributed by atoms with E-state index >= 15 is 0 Å². The molecule has 2 atom stereocenters. The third-order valence-electron chi connectivity index (χ3n) is 3.03. The van der Waals surface area contributed by atoms with E-state index in [9.17, 15) is 0 Å². The zero-order chi connectivity index (χ0) is 15.1. The van der Waals surface area contributed by atoms with Gasteiger partial charge >= 0.3 is 0 Å². The Morgan fingerprint density at radius 2 is 1.15 bits per heavy atom. The second-order valence-electron chi connectivity index (χ2n) is 6.06. The van der Waals surface area contributed by atoms with Crippen molar-refractivity contribution >= 4 is 41.6 Å². The van der Waals surface area contributed by atoms with E-state index in [0.717, 1.165) is 25.7 Å². The summed E-state index contributed by atoms with van der Waals surface area (Å²) < 4.78 is 0. The van der Waals surface area contributed by atoms with Gasteiger partial charge in [-0.15, -0.1) is 12.4 Å². The molecule has 0 aliphatic heterocycles. The average Bonchev–Trinajstić information content (AvgIpc) is 2.27. The Hall–Kier alpha value is 0.250. The number of aliphatic imine (C=N–C) groups is 2. The van der Waals surface area contributed by atoms with Gasteiger partial charge in [-0.05, 0) is 37.5 Å². The maximum atomic E-state index is 6.46. The summed E-state index contributed by atoms with van der Waals surface area (Å²) in [5.41, 5.74) is 0. The molecule has 0 fully saturated rings. The van der Waals surface area contributed by atoms with Gasteiger partial charge in [-0.2, -0.15) is 0 Å². The summed E-state index contributed by atoms with van der Waals surface area (Å²) in [7, 11) is 0. The first kappa shape index (κ1) is 22.5. The summed E-state index contributed by atoms with van der Waals surface area (Å²) in [4.78, 5) is 7.45. The molecule has 0 aromatic rings. The maximum absolute atomic E-state index is 6.46. The lowest BCUT2D eigenvalue weighted by Crippen LogP contribution is -2.21. The molecule has 2 unspecified atom stereocenters. The molecule has 0 aromatic carbocycles. The van der Waals surface area contributed by atoms with E-state index in [1.165, 1.54) is 0 Å². The summed E-state index contributed by atoms with van der Waals surface area (Å²) in [5.74, 6) is 0.983. The predicted molar refractivity (Wildman–Crippen MR) is 93.8 cm³/mol. The fourth-order valence-corrected chi connectivity index (χ4v) is 2.69. The lowest BCUT2D eigenvalue weighted by Gasteiger charge is -2.22. The molecule has 20 heavy (non-hydrogen) atoms. The molecule has 0 amide bonds. The van der Waals surface area contributed by atoms with Crippen LogP contribution < -0.4 is 0 Å². The molecule has 0 N–H and O–H groups in total. The largest absolute Gasteiger partial charge is 0.203 e. The molecule has 0 aliphatic rings. The summed E-state index contributed by atoms with van der Waals surface area (Å²) >= 11 is 12.9. The molecule has 2 nitrogen and oxygen atoms in total. The van der Waals surface area contributed by atoms with Gasteiger partial charge in [0.05, 0.1) is 6.01 Å². The monoisotopic (exact) mass is 342 g/mol. The molecular formula is C15H29Cl3N2. The van der Waals surface area contributed by atoms with Crippen LogP contribution in [0.15, 0.2) is 9.98 Å². The number of halogens is 3. The molecule has 120 valence electrons. The second kappa shape index (κ2) is 10.1. The van der Waals surface area contributed by atoms with Gasteiger partial charge < -0.3 is 0 Å². The smallest absolute Gasteiger partial charge is 0.144 e. The Labute approximate surface area is 140 Å². The van der Waals surface area contributed by atoms with Crippen molar-refractivity contribution in [2.75, 3.05) is 0 Å². The van der Waals surface area contributed by atoms with Gasteiger partial charge in [0, 0.05) is 0 Å². The van der Waals surface area contributed by atoms with Gasteiger partial charge in [0.25, 0.3) is 0 Å². The minimum atomic E-state index is -0.596. The van der Waals surface area contributed by atoms with Crippen molar-refractivity contribution in [1.29, 1.82) is 0 Å². The normalized spacial score (nSPS) is 16.9. The third kappa shape index (κ3) is 9.23. The first-order valence-electron chi connectivity index (χ1n) is 7.23. The van der Waals surface area contributed by atoms with Crippen LogP contribution >= 0.6 is 35.6 Å². The fraction of sp³-hybridized carbons (Fsp3) is 0.933. The Bertz CT molecular complexity index is 297. The van der Waals surface area contributed by atoms with E-state index < -0.39 is 10.00 Å². The van der Waals surface area contributed by atoms with Crippen LogP contribution in [0.1, 0.15) is 67.2 Å². The van der Waals surface area contributed by atoms with E-state index in [1.54, 1.807) is 0 Å². The molecule has 0 radical (unpaired) electrons. The van der Waals surface area contributed by atoms with Crippen molar-refractivity contribution in [2.45, 2.75) is 77.2 Å². The molecule has 5 heteroatoms. The minimum Gasteiger partial charge on any atom is -0.203 e. The highest BCUT2D eigenvalue weighted by Gasteiger charge is 2.27. The number of alkyl halides is 2. The first-order chi connectivity index (χ1) is 8.66. The maximum Gasteiger partial charge on any atom is 0.144 e. The highest BCUT2D eigenvalue weighted by molar-refractivity contribution is 6.24. The van der Waals surface area contributed by atoms with Gasteiger partial charge in [-0.3, -0.25) is 0 Å². The number of hydrogen-bond acceptors (Lipinski definition) is 2. The fourth-order valence-electron chi connectivity index (χ4n) is 1.99. The molecule has 0 saturated heterocycles. The molecule has 0 aromatic heterocycles. The van der Waals surface area contributed by atoms with Crippen LogP contribution in [-0.4, -0.2) is 16.0 Å². The van der Waals surface area contributed by atoms with Crippen molar-refractivity contribution in [2.24, 2.45) is 21.8 Å². The molecule has 0 spiro atoms. The van der Waals surface area contributed by atoms with E-state index in [4.69, 9.17) is 23.2 Å². The molecule has 0 aliphatic carbocycles. The second-order valence-corrected chi connectivity index (χ2v) is 7.47. The number of hydrogen-bond donors (Lipinski definition) is 0. The van der Waals surface area contributed by atoms with E-state index in [2.05, 4.69) is 43.7 Å². The van der Waals surface area contributed by atoms with Gasteiger partial charge in [-0.1, -0.05) is 64.7 Å². The molecule has 0 heterocycles. The molecule has 0 bridgehead atoms. The molecular weight excluding hydrogens is 315 g/mol. The van der Waals surface area contributed by atoms with Crippen LogP contribution in [0.5, 0.6) is 0 Å². The van der Waals surface area contributed by atoms with Crippen molar-refractivity contribution in [3.63, 3.8) is 0 Å². The zero-order valence-electron chi connectivity index (χ0n) is 13.5. The van der Waals surface area contributed by atoms with E-state index in [-0.39, 0.29) is 12.4 Å². The van der Waals surface area contributed by atoms with Crippen LogP contribution in [0.2, 0.25) is 0 Å². The first-order valence-corrected chi connectivity index (χ1v) is 7.98. The van der Waals surface area contributed by atoms with Gasteiger partial charge in [0.15, 0.2) is 0 Å². The SMILES string of the molecule is CCC(Cl)(CC(C)C)N=C=NC(Cl)(CC)CC(C)C.Cl. The van der Waals surface area contributed by atoms with E-state index in [1.807, 2.05) is 13.8 Å². The Morgan fingerprint density at radius 1 is 0.850 bits per heavy atom. The molecule has 0 rings (SSSR count). The molecule has 0 saturated carbocycles. The summed E-state index contributed by atoms with van der Waals surface area (Å²) in [6.45, 7) is 12.6. The van der Waals surface area contributed by atoms with E-state index in [0.29, 0.717) is 11.8 Å². The van der Waals surface area contributed by atoms with Crippen molar-refractivity contribution in [3.05, 3.63) is 0 Å². The number of rotatable bonds is 8. The van der Waals surface area contributed by atoms with Crippen molar-refractivity contribution in [1.82, 2.24) is 0 Å². The Morgan fingerprint density at radius 3 is 1.35 bits per heavy atom. The van der Waals surface area contributed by atoms with Crippen LogP contribution in [0.4, 0.5) is 0 Å². The highest BCUT2D eigenvalue weighted by atomic mass is 35.5.